The minimum Gasteiger partial charge on any atom is -0.228 e. The standard InChI is InChI=1S/C7H16BrNO4S2/c1-3-9(6-4-5-8)15(12,13)7-14(2,10)11/h3-7H2,1-2H3. The topological polar surface area (TPSA) is 71.5 Å². The summed E-state index contributed by atoms with van der Waals surface area (Å²) in [5.41, 5.74) is 0. The van der Waals surface area contributed by atoms with Crippen molar-refractivity contribution < 1.29 is 16.8 Å². The molecule has 0 heterocycles. The second-order valence-electron chi connectivity index (χ2n) is 3.19. The molecule has 0 fully saturated rings. The summed E-state index contributed by atoms with van der Waals surface area (Å²) in [7, 11) is -7.18. The number of halogens is 1. The quantitative estimate of drug-likeness (QED) is 0.637. The monoisotopic (exact) mass is 321 g/mol. The predicted octanol–water partition coefficient (Wildman–Crippen LogP) is 0.425. The third-order valence-electron chi connectivity index (χ3n) is 1.65. The molecule has 0 aromatic heterocycles. The van der Waals surface area contributed by atoms with Crippen LogP contribution in [0.1, 0.15) is 13.3 Å². The molecule has 0 aromatic carbocycles. The van der Waals surface area contributed by atoms with Crippen LogP contribution in [0.25, 0.3) is 0 Å². The van der Waals surface area contributed by atoms with E-state index in [9.17, 15) is 16.8 Å². The highest BCUT2D eigenvalue weighted by Gasteiger charge is 2.24. The van der Waals surface area contributed by atoms with E-state index in [0.717, 1.165) is 6.26 Å². The van der Waals surface area contributed by atoms with Crippen LogP contribution in [0.3, 0.4) is 0 Å². The molecule has 0 atom stereocenters. The third kappa shape index (κ3) is 6.49. The molecule has 15 heavy (non-hydrogen) atoms. The Kier molecular flexibility index (Phi) is 6.31. The average molecular weight is 322 g/mol. The average Bonchev–Trinajstić information content (AvgIpc) is 2.00. The summed E-state index contributed by atoms with van der Waals surface area (Å²) in [5, 5.41) is -0.117. The van der Waals surface area contributed by atoms with E-state index in [1.54, 1.807) is 6.92 Å². The fraction of sp³-hybridized carbons (Fsp3) is 1.00. The highest BCUT2D eigenvalue weighted by atomic mass is 79.9. The van der Waals surface area contributed by atoms with Crippen LogP contribution >= 0.6 is 15.9 Å². The van der Waals surface area contributed by atoms with E-state index >= 15 is 0 Å². The first-order valence-corrected chi connectivity index (χ1v) is 9.23. The zero-order valence-electron chi connectivity index (χ0n) is 8.81. The van der Waals surface area contributed by atoms with E-state index < -0.39 is 24.9 Å². The number of hydrogen-bond donors (Lipinski definition) is 0. The van der Waals surface area contributed by atoms with Crippen LogP contribution in [0.2, 0.25) is 0 Å². The normalized spacial score (nSPS) is 13.3. The van der Waals surface area contributed by atoms with E-state index in [1.165, 1.54) is 4.31 Å². The highest BCUT2D eigenvalue weighted by molar-refractivity contribution is 9.09. The Morgan fingerprint density at radius 3 is 2.07 bits per heavy atom. The van der Waals surface area contributed by atoms with Gasteiger partial charge >= 0.3 is 0 Å². The van der Waals surface area contributed by atoms with Crippen molar-refractivity contribution >= 4 is 35.8 Å². The first-order valence-electron chi connectivity index (χ1n) is 4.44. The summed E-state index contributed by atoms with van der Waals surface area (Å²) < 4.78 is 46.3. The lowest BCUT2D eigenvalue weighted by molar-refractivity contribution is 0.431. The van der Waals surface area contributed by atoms with Crippen LogP contribution in [0.5, 0.6) is 0 Å². The molecule has 0 aliphatic heterocycles. The maximum Gasteiger partial charge on any atom is 0.228 e. The molecule has 0 aliphatic carbocycles. The number of rotatable bonds is 7. The van der Waals surface area contributed by atoms with Gasteiger partial charge in [-0.1, -0.05) is 22.9 Å². The van der Waals surface area contributed by atoms with Gasteiger partial charge in [-0.3, -0.25) is 0 Å². The molecule has 0 saturated carbocycles. The highest BCUT2D eigenvalue weighted by Crippen LogP contribution is 2.06. The van der Waals surface area contributed by atoms with Crippen molar-refractivity contribution in [3.8, 4) is 0 Å². The molecule has 0 amide bonds. The number of alkyl halides is 1. The molecule has 0 rings (SSSR count). The van der Waals surface area contributed by atoms with Crippen molar-refractivity contribution in [2.75, 3.05) is 29.8 Å². The Morgan fingerprint density at radius 2 is 1.73 bits per heavy atom. The van der Waals surface area contributed by atoms with Crippen molar-refractivity contribution in [3.05, 3.63) is 0 Å². The van der Waals surface area contributed by atoms with Gasteiger partial charge in [0.1, 0.15) is 0 Å². The van der Waals surface area contributed by atoms with Gasteiger partial charge < -0.3 is 0 Å². The van der Waals surface area contributed by atoms with Crippen LogP contribution in [-0.4, -0.2) is 50.9 Å². The zero-order chi connectivity index (χ0) is 12.1. The van der Waals surface area contributed by atoms with Gasteiger partial charge in [0.25, 0.3) is 0 Å². The molecular weight excluding hydrogens is 306 g/mol. The maximum absolute atomic E-state index is 11.6. The van der Waals surface area contributed by atoms with Gasteiger partial charge in [-0.05, 0) is 6.42 Å². The fourth-order valence-electron chi connectivity index (χ4n) is 1.08. The van der Waals surface area contributed by atoms with Gasteiger partial charge in [0.15, 0.2) is 14.9 Å². The lowest BCUT2D eigenvalue weighted by Gasteiger charge is -2.19. The molecule has 5 nitrogen and oxygen atoms in total. The largest absolute Gasteiger partial charge is 0.228 e. The van der Waals surface area contributed by atoms with Crippen molar-refractivity contribution in [1.29, 1.82) is 0 Å². The lowest BCUT2D eigenvalue weighted by Crippen LogP contribution is -2.36. The Labute approximate surface area is 99.9 Å². The Balaban J connectivity index is 4.67. The van der Waals surface area contributed by atoms with Crippen LogP contribution in [0.4, 0.5) is 0 Å². The summed E-state index contributed by atoms with van der Waals surface area (Å²) in [6.07, 6.45) is 1.58. The van der Waals surface area contributed by atoms with Crippen LogP contribution in [0.15, 0.2) is 0 Å². The molecule has 0 N–H and O–H groups in total. The Hall–Kier alpha value is 0.340. The van der Waals surface area contributed by atoms with E-state index in [-0.39, 0.29) is 0 Å². The SMILES string of the molecule is CCN(CCCBr)S(=O)(=O)CS(C)(=O)=O. The van der Waals surface area contributed by atoms with Crippen molar-refractivity contribution in [2.45, 2.75) is 13.3 Å². The van der Waals surface area contributed by atoms with Crippen molar-refractivity contribution in [1.82, 2.24) is 4.31 Å². The summed E-state index contributed by atoms with van der Waals surface area (Å²) in [5.74, 6) is 0. The van der Waals surface area contributed by atoms with Crippen LogP contribution in [-0.2, 0) is 19.9 Å². The smallest absolute Gasteiger partial charge is 0.228 e. The zero-order valence-corrected chi connectivity index (χ0v) is 12.0. The molecule has 0 bridgehead atoms. The molecule has 0 saturated heterocycles. The van der Waals surface area contributed by atoms with Crippen molar-refractivity contribution in [3.63, 3.8) is 0 Å². The molecule has 0 unspecified atom stereocenters. The minimum atomic E-state index is -3.68. The van der Waals surface area contributed by atoms with Gasteiger partial charge in [0.2, 0.25) is 10.0 Å². The molecule has 92 valence electrons. The van der Waals surface area contributed by atoms with Crippen LogP contribution < -0.4 is 0 Å². The van der Waals surface area contributed by atoms with E-state index in [1.807, 2.05) is 0 Å². The number of sulfonamides is 1. The van der Waals surface area contributed by atoms with Gasteiger partial charge in [0, 0.05) is 24.7 Å². The Morgan fingerprint density at radius 1 is 1.20 bits per heavy atom. The molecule has 0 aromatic rings. The fourth-order valence-corrected chi connectivity index (χ4v) is 4.89. The number of hydrogen-bond acceptors (Lipinski definition) is 4. The van der Waals surface area contributed by atoms with E-state index in [0.29, 0.717) is 24.8 Å². The number of nitrogens with zero attached hydrogens (tertiary/aromatic N) is 1. The summed E-state index contributed by atoms with van der Waals surface area (Å²) in [6, 6.07) is 0. The summed E-state index contributed by atoms with van der Waals surface area (Å²) in [6.45, 7) is 2.33. The summed E-state index contributed by atoms with van der Waals surface area (Å²) in [4.78, 5) is 0. The molecule has 0 radical (unpaired) electrons. The lowest BCUT2D eigenvalue weighted by atomic mass is 10.5. The van der Waals surface area contributed by atoms with Gasteiger partial charge in [0.05, 0.1) is 0 Å². The van der Waals surface area contributed by atoms with Gasteiger partial charge in [-0.2, -0.15) is 0 Å². The van der Waals surface area contributed by atoms with Crippen LogP contribution in [0, 0.1) is 0 Å². The minimum absolute atomic E-state index is 0.296. The Bertz CT molecular complexity index is 376. The molecular formula is C7H16BrNO4S2. The van der Waals surface area contributed by atoms with E-state index in [4.69, 9.17) is 0 Å². The molecule has 0 spiro atoms. The predicted molar refractivity (Wildman–Crippen MR) is 64.3 cm³/mol. The molecule has 0 aliphatic rings. The second kappa shape index (κ2) is 6.17. The van der Waals surface area contributed by atoms with Gasteiger partial charge in [-0.25, -0.2) is 21.1 Å². The molecule has 8 heteroatoms. The first kappa shape index (κ1) is 15.3. The second-order valence-corrected chi connectivity index (χ2v) is 8.46. The third-order valence-corrected chi connectivity index (χ3v) is 6.34. The van der Waals surface area contributed by atoms with Crippen molar-refractivity contribution in [2.24, 2.45) is 0 Å². The first-order chi connectivity index (χ1) is 6.73. The van der Waals surface area contributed by atoms with Gasteiger partial charge in [-0.15, -0.1) is 0 Å². The summed E-state index contributed by atoms with van der Waals surface area (Å²) >= 11 is 3.20. The van der Waals surface area contributed by atoms with E-state index in [2.05, 4.69) is 15.9 Å². The maximum atomic E-state index is 11.6. The number of sulfone groups is 1.